The second-order valence-electron chi connectivity index (χ2n) is 4.03. The van der Waals surface area contributed by atoms with Gasteiger partial charge >= 0.3 is 0 Å². The van der Waals surface area contributed by atoms with Crippen LogP contribution in [0.5, 0.6) is 0 Å². The van der Waals surface area contributed by atoms with Gasteiger partial charge in [-0.2, -0.15) is 5.10 Å². The first-order valence-corrected chi connectivity index (χ1v) is 5.44. The summed E-state index contributed by atoms with van der Waals surface area (Å²) in [5.41, 5.74) is 1.91. The van der Waals surface area contributed by atoms with Crippen molar-refractivity contribution in [2.45, 2.75) is 19.8 Å². The van der Waals surface area contributed by atoms with Gasteiger partial charge < -0.3 is 5.32 Å². The smallest absolute Gasteiger partial charge is 0.292 e. The zero-order valence-corrected chi connectivity index (χ0v) is 9.77. The van der Waals surface area contributed by atoms with Crippen molar-refractivity contribution in [1.29, 1.82) is 0 Å². The Kier molecular flexibility index (Phi) is 3.18. The van der Waals surface area contributed by atoms with E-state index in [2.05, 4.69) is 34.3 Å². The molecule has 0 aliphatic rings. The van der Waals surface area contributed by atoms with E-state index in [1.165, 1.54) is 6.33 Å². The maximum Gasteiger partial charge on any atom is 0.292 e. The van der Waals surface area contributed by atoms with E-state index in [-0.39, 0.29) is 11.7 Å². The number of nitrogens with zero attached hydrogens (tertiary/aromatic N) is 2. The number of carbonyl (C=O) groups excluding carboxylic acids is 1. The fourth-order valence-corrected chi connectivity index (χ4v) is 1.61. The molecule has 1 heterocycles. The lowest BCUT2D eigenvalue weighted by atomic mass is 10.0. The third-order valence-corrected chi connectivity index (χ3v) is 2.46. The van der Waals surface area contributed by atoms with Crippen molar-refractivity contribution in [3.63, 3.8) is 0 Å². The number of amides is 1. The molecule has 2 rings (SSSR count). The van der Waals surface area contributed by atoms with Gasteiger partial charge in [0.05, 0.1) is 0 Å². The molecule has 1 aromatic heterocycles. The van der Waals surface area contributed by atoms with E-state index in [0.717, 1.165) is 11.3 Å². The van der Waals surface area contributed by atoms with Crippen LogP contribution in [0.4, 0.5) is 5.69 Å². The third-order valence-electron chi connectivity index (χ3n) is 2.46. The van der Waals surface area contributed by atoms with Crippen LogP contribution < -0.4 is 5.32 Å². The average molecular weight is 230 g/mol. The monoisotopic (exact) mass is 230 g/mol. The zero-order chi connectivity index (χ0) is 12.3. The highest BCUT2D eigenvalue weighted by molar-refractivity contribution is 6.01. The minimum Gasteiger partial charge on any atom is -0.319 e. The maximum absolute atomic E-state index is 11.8. The highest BCUT2D eigenvalue weighted by Crippen LogP contribution is 2.23. The van der Waals surface area contributed by atoms with Crippen molar-refractivity contribution >= 4 is 11.6 Å². The van der Waals surface area contributed by atoms with Gasteiger partial charge in [0, 0.05) is 5.69 Å². The Hall–Kier alpha value is -2.17. The van der Waals surface area contributed by atoms with Gasteiger partial charge in [-0.15, -0.1) is 0 Å². The van der Waals surface area contributed by atoms with E-state index < -0.39 is 0 Å². The lowest BCUT2D eigenvalue weighted by Crippen LogP contribution is -2.15. The van der Waals surface area contributed by atoms with E-state index in [0.29, 0.717) is 5.92 Å². The predicted molar refractivity (Wildman–Crippen MR) is 64.9 cm³/mol. The van der Waals surface area contributed by atoms with E-state index in [4.69, 9.17) is 0 Å². The molecule has 0 bridgehead atoms. The Morgan fingerprint density at radius 1 is 1.35 bits per heavy atom. The standard InChI is InChI=1S/C12H14N4O/c1-8(2)9-5-3-4-6-10(9)15-12(17)11-13-7-14-16-11/h3-8H,1-2H3,(H,15,17)(H,13,14,16). The number of para-hydroxylation sites is 1. The molecule has 0 fully saturated rings. The second kappa shape index (κ2) is 4.78. The van der Waals surface area contributed by atoms with Crippen LogP contribution in [0, 0.1) is 0 Å². The van der Waals surface area contributed by atoms with Crippen molar-refractivity contribution in [2.24, 2.45) is 0 Å². The Balaban J connectivity index is 2.22. The molecule has 0 radical (unpaired) electrons. The molecular weight excluding hydrogens is 216 g/mol. The molecule has 0 unspecified atom stereocenters. The largest absolute Gasteiger partial charge is 0.319 e. The van der Waals surface area contributed by atoms with Crippen LogP contribution in [0.2, 0.25) is 0 Å². The average Bonchev–Trinajstić information content (AvgIpc) is 2.83. The molecule has 2 aromatic rings. The first-order chi connectivity index (χ1) is 8.18. The molecule has 17 heavy (non-hydrogen) atoms. The molecule has 5 nitrogen and oxygen atoms in total. The number of nitrogens with one attached hydrogen (secondary N) is 2. The number of hydrogen-bond donors (Lipinski definition) is 2. The van der Waals surface area contributed by atoms with Crippen molar-refractivity contribution in [3.8, 4) is 0 Å². The van der Waals surface area contributed by atoms with Crippen molar-refractivity contribution in [3.05, 3.63) is 42.0 Å². The maximum atomic E-state index is 11.8. The van der Waals surface area contributed by atoms with Crippen LogP contribution in [0.3, 0.4) is 0 Å². The fraction of sp³-hybridized carbons (Fsp3) is 0.250. The van der Waals surface area contributed by atoms with E-state index in [9.17, 15) is 4.79 Å². The number of carbonyl (C=O) groups is 1. The van der Waals surface area contributed by atoms with Gasteiger partial charge in [0.25, 0.3) is 5.91 Å². The summed E-state index contributed by atoms with van der Waals surface area (Å²) in [6.45, 7) is 4.17. The molecule has 0 saturated heterocycles. The quantitative estimate of drug-likeness (QED) is 0.849. The summed E-state index contributed by atoms with van der Waals surface area (Å²) < 4.78 is 0. The molecule has 1 amide bonds. The summed E-state index contributed by atoms with van der Waals surface area (Å²) in [5, 5.41) is 9.00. The normalized spacial score (nSPS) is 10.5. The Bertz CT molecular complexity index is 505. The van der Waals surface area contributed by atoms with Crippen molar-refractivity contribution < 1.29 is 4.79 Å². The summed E-state index contributed by atoms with van der Waals surface area (Å²) in [6.07, 6.45) is 1.31. The van der Waals surface area contributed by atoms with Gasteiger partial charge in [0.2, 0.25) is 5.82 Å². The molecule has 0 aliphatic carbocycles. The number of aromatic amines is 1. The topological polar surface area (TPSA) is 70.7 Å². The SMILES string of the molecule is CC(C)c1ccccc1NC(=O)c1ncn[nH]1. The molecule has 0 aliphatic heterocycles. The van der Waals surface area contributed by atoms with E-state index in [1.807, 2.05) is 24.3 Å². The lowest BCUT2D eigenvalue weighted by Gasteiger charge is -2.12. The Morgan fingerprint density at radius 3 is 2.76 bits per heavy atom. The van der Waals surface area contributed by atoms with Gasteiger partial charge in [0.1, 0.15) is 6.33 Å². The first kappa shape index (κ1) is 11.3. The van der Waals surface area contributed by atoms with E-state index in [1.54, 1.807) is 0 Å². The van der Waals surface area contributed by atoms with Crippen LogP contribution in [0.25, 0.3) is 0 Å². The summed E-state index contributed by atoms with van der Waals surface area (Å²) in [5.74, 6) is 0.278. The minimum absolute atomic E-state index is 0.212. The Labute approximate surface area is 99.3 Å². The molecule has 0 spiro atoms. The minimum atomic E-state index is -0.282. The molecule has 0 atom stereocenters. The Morgan fingerprint density at radius 2 is 2.12 bits per heavy atom. The number of benzene rings is 1. The van der Waals surface area contributed by atoms with Crippen LogP contribution in [-0.2, 0) is 0 Å². The number of H-pyrrole nitrogens is 1. The highest BCUT2D eigenvalue weighted by atomic mass is 16.2. The van der Waals surface area contributed by atoms with Crippen molar-refractivity contribution in [2.75, 3.05) is 5.32 Å². The van der Waals surface area contributed by atoms with Gasteiger partial charge in [-0.1, -0.05) is 32.0 Å². The van der Waals surface area contributed by atoms with Crippen LogP contribution in [0.1, 0.15) is 35.9 Å². The summed E-state index contributed by atoms with van der Waals surface area (Å²) >= 11 is 0. The molecule has 0 saturated carbocycles. The van der Waals surface area contributed by atoms with Gasteiger partial charge in [-0.05, 0) is 17.5 Å². The summed E-state index contributed by atoms with van der Waals surface area (Å²) in [6, 6.07) is 7.73. The zero-order valence-electron chi connectivity index (χ0n) is 9.77. The van der Waals surface area contributed by atoms with Crippen LogP contribution in [-0.4, -0.2) is 21.1 Å². The predicted octanol–water partition coefficient (Wildman–Crippen LogP) is 2.18. The molecule has 2 N–H and O–H groups in total. The summed E-state index contributed by atoms with van der Waals surface area (Å²) in [4.78, 5) is 15.6. The molecular formula is C12H14N4O. The van der Waals surface area contributed by atoms with Crippen LogP contribution in [0.15, 0.2) is 30.6 Å². The molecule has 1 aromatic carbocycles. The highest BCUT2D eigenvalue weighted by Gasteiger charge is 2.12. The fourth-order valence-electron chi connectivity index (χ4n) is 1.61. The van der Waals surface area contributed by atoms with Crippen molar-refractivity contribution in [1.82, 2.24) is 15.2 Å². The molecule has 5 heteroatoms. The first-order valence-electron chi connectivity index (χ1n) is 5.44. The number of aromatic nitrogens is 3. The van der Waals surface area contributed by atoms with E-state index >= 15 is 0 Å². The van der Waals surface area contributed by atoms with Gasteiger partial charge in [-0.3, -0.25) is 9.89 Å². The number of rotatable bonds is 3. The van der Waals surface area contributed by atoms with Gasteiger partial charge in [0.15, 0.2) is 0 Å². The molecule has 88 valence electrons. The third kappa shape index (κ3) is 2.50. The van der Waals surface area contributed by atoms with Gasteiger partial charge in [-0.25, -0.2) is 4.98 Å². The van der Waals surface area contributed by atoms with Crippen LogP contribution >= 0.6 is 0 Å². The lowest BCUT2D eigenvalue weighted by molar-refractivity contribution is 0.101. The number of hydrogen-bond acceptors (Lipinski definition) is 3. The summed E-state index contributed by atoms with van der Waals surface area (Å²) in [7, 11) is 0. The number of anilines is 1. The second-order valence-corrected chi connectivity index (χ2v) is 4.03.